The molecule has 98 valence electrons. The van der Waals surface area contributed by atoms with E-state index >= 15 is 0 Å². The maximum absolute atomic E-state index is 12.4. The summed E-state index contributed by atoms with van der Waals surface area (Å²) in [6, 6.07) is 6.18. The molecule has 2 aliphatic rings. The van der Waals surface area contributed by atoms with Crippen molar-refractivity contribution < 1.29 is 4.79 Å². The van der Waals surface area contributed by atoms with E-state index in [1.54, 1.807) is 0 Å². The minimum atomic E-state index is 0. The van der Waals surface area contributed by atoms with E-state index in [-0.39, 0.29) is 24.2 Å². The minimum Gasteiger partial charge on any atom is -0.316 e. The predicted octanol–water partition coefficient (Wildman–Crippen LogP) is 2.37. The second-order valence-corrected chi connectivity index (χ2v) is 5.62. The number of hydrogen-bond acceptors (Lipinski definition) is 2. The van der Waals surface area contributed by atoms with Crippen LogP contribution in [-0.4, -0.2) is 25.5 Å². The highest BCUT2D eigenvalue weighted by atomic mass is 79.9. The Morgan fingerprint density at radius 3 is 3.00 bits per heavy atom. The van der Waals surface area contributed by atoms with Gasteiger partial charge in [-0.3, -0.25) is 4.79 Å². The number of anilines is 1. The van der Waals surface area contributed by atoms with Crippen molar-refractivity contribution in [2.24, 2.45) is 5.92 Å². The van der Waals surface area contributed by atoms with Crippen LogP contribution in [0.2, 0.25) is 0 Å². The third kappa shape index (κ3) is 2.42. The van der Waals surface area contributed by atoms with Crippen LogP contribution in [0.25, 0.3) is 0 Å². The van der Waals surface area contributed by atoms with Crippen LogP contribution in [-0.2, 0) is 11.2 Å². The van der Waals surface area contributed by atoms with Gasteiger partial charge in [0.15, 0.2) is 0 Å². The number of halogens is 2. The number of benzene rings is 1. The van der Waals surface area contributed by atoms with Crippen molar-refractivity contribution in [3.05, 3.63) is 28.2 Å². The Hall–Kier alpha value is -0.580. The lowest BCUT2D eigenvalue weighted by atomic mass is 10.1. The first kappa shape index (κ1) is 13.8. The Bertz CT molecular complexity index is 460. The summed E-state index contributed by atoms with van der Waals surface area (Å²) in [7, 11) is 0. The van der Waals surface area contributed by atoms with Crippen LogP contribution < -0.4 is 10.2 Å². The SMILES string of the molecule is Cl.O=C(C1CCNC1)N1CCc2cc(Br)ccc21. The van der Waals surface area contributed by atoms with Crippen LogP contribution >= 0.6 is 28.3 Å². The molecule has 3 nitrogen and oxygen atoms in total. The zero-order valence-electron chi connectivity index (χ0n) is 9.99. The molecule has 0 aliphatic carbocycles. The Labute approximate surface area is 121 Å². The molecular formula is C13H16BrClN2O. The highest BCUT2D eigenvalue weighted by Crippen LogP contribution is 2.32. The fraction of sp³-hybridized carbons (Fsp3) is 0.462. The van der Waals surface area contributed by atoms with Crippen LogP contribution in [0.15, 0.2) is 22.7 Å². The van der Waals surface area contributed by atoms with Gasteiger partial charge < -0.3 is 10.2 Å². The summed E-state index contributed by atoms with van der Waals surface area (Å²) in [4.78, 5) is 14.3. The van der Waals surface area contributed by atoms with Gasteiger partial charge in [0.1, 0.15) is 0 Å². The van der Waals surface area contributed by atoms with Crippen LogP contribution in [0.4, 0.5) is 5.69 Å². The zero-order valence-corrected chi connectivity index (χ0v) is 12.4. The molecule has 1 amide bonds. The lowest BCUT2D eigenvalue weighted by Gasteiger charge is -2.20. The number of nitrogens with one attached hydrogen (secondary N) is 1. The zero-order chi connectivity index (χ0) is 11.8. The van der Waals surface area contributed by atoms with Gasteiger partial charge in [-0.05, 0) is 43.1 Å². The number of rotatable bonds is 1. The molecule has 2 heterocycles. The number of nitrogens with zero attached hydrogens (tertiary/aromatic N) is 1. The molecule has 1 fully saturated rings. The first-order chi connectivity index (χ1) is 8.25. The average Bonchev–Trinajstić information content (AvgIpc) is 2.96. The number of amides is 1. The van der Waals surface area contributed by atoms with E-state index in [0.29, 0.717) is 0 Å². The molecule has 1 aromatic carbocycles. The lowest BCUT2D eigenvalue weighted by molar-refractivity contribution is -0.121. The lowest BCUT2D eigenvalue weighted by Crippen LogP contribution is -2.35. The van der Waals surface area contributed by atoms with Gasteiger partial charge >= 0.3 is 0 Å². The van der Waals surface area contributed by atoms with Gasteiger partial charge in [-0.1, -0.05) is 15.9 Å². The average molecular weight is 332 g/mol. The van der Waals surface area contributed by atoms with E-state index in [2.05, 4.69) is 27.3 Å². The Morgan fingerprint density at radius 1 is 1.44 bits per heavy atom. The third-order valence-electron chi connectivity index (χ3n) is 3.61. The largest absolute Gasteiger partial charge is 0.316 e. The smallest absolute Gasteiger partial charge is 0.231 e. The van der Waals surface area contributed by atoms with Crippen LogP contribution in [0.5, 0.6) is 0 Å². The van der Waals surface area contributed by atoms with Crippen molar-refractivity contribution in [1.82, 2.24) is 5.32 Å². The van der Waals surface area contributed by atoms with Crippen molar-refractivity contribution in [2.45, 2.75) is 12.8 Å². The summed E-state index contributed by atoms with van der Waals surface area (Å²) in [5.74, 6) is 0.459. The van der Waals surface area contributed by atoms with Crippen LogP contribution in [0.1, 0.15) is 12.0 Å². The monoisotopic (exact) mass is 330 g/mol. The molecule has 1 N–H and O–H groups in total. The van der Waals surface area contributed by atoms with Gasteiger partial charge in [0, 0.05) is 23.2 Å². The Balaban J connectivity index is 0.00000120. The van der Waals surface area contributed by atoms with E-state index in [1.165, 1.54) is 5.56 Å². The maximum atomic E-state index is 12.4. The second kappa shape index (κ2) is 5.59. The van der Waals surface area contributed by atoms with Crippen molar-refractivity contribution in [2.75, 3.05) is 24.5 Å². The van der Waals surface area contributed by atoms with Gasteiger partial charge in [-0.2, -0.15) is 0 Å². The fourth-order valence-electron chi connectivity index (χ4n) is 2.69. The molecule has 3 rings (SSSR count). The number of fused-ring (bicyclic) bond motifs is 1. The molecule has 1 atom stereocenters. The van der Waals surface area contributed by atoms with Gasteiger partial charge in [-0.25, -0.2) is 0 Å². The molecule has 1 aromatic rings. The number of carbonyl (C=O) groups is 1. The summed E-state index contributed by atoms with van der Waals surface area (Å²) < 4.78 is 1.09. The van der Waals surface area contributed by atoms with Crippen molar-refractivity contribution in [3.63, 3.8) is 0 Å². The van der Waals surface area contributed by atoms with Crippen molar-refractivity contribution in [1.29, 1.82) is 0 Å². The highest BCUT2D eigenvalue weighted by molar-refractivity contribution is 9.10. The third-order valence-corrected chi connectivity index (χ3v) is 4.11. The Kier molecular flexibility index (Phi) is 4.30. The molecule has 0 saturated carbocycles. The summed E-state index contributed by atoms with van der Waals surface area (Å²) in [5.41, 5.74) is 2.38. The first-order valence-electron chi connectivity index (χ1n) is 6.06. The van der Waals surface area contributed by atoms with E-state index in [9.17, 15) is 4.79 Å². The molecule has 1 unspecified atom stereocenters. The van der Waals surface area contributed by atoms with E-state index in [4.69, 9.17) is 0 Å². The Morgan fingerprint density at radius 2 is 2.28 bits per heavy atom. The normalized spacial score (nSPS) is 21.6. The van der Waals surface area contributed by atoms with Crippen LogP contribution in [0, 0.1) is 5.92 Å². The molecule has 18 heavy (non-hydrogen) atoms. The van der Waals surface area contributed by atoms with Crippen molar-refractivity contribution >= 4 is 39.9 Å². The number of hydrogen-bond donors (Lipinski definition) is 1. The topological polar surface area (TPSA) is 32.3 Å². The molecule has 0 spiro atoms. The number of carbonyl (C=O) groups excluding carboxylic acids is 1. The van der Waals surface area contributed by atoms with Crippen molar-refractivity contribution in [3.8, 4) is 0 Å². The van der Waals surface area contributed by atoms with Crippen LogP contribution in [0.3, 0.4) is 0 Å². The molecule has 0 bridgehead atoms. The van der Waals surface area contributed by atoms with Gasteiger partial charge in [0.2, 0.25) is 5.91 Å². The summed E-state index contributed by atoms with van der Waals surface area (Å²) >= 11 is 3.47. The van der Waals surface area contributed by atoms with Gasteiger partial charge in [0.05, 0.1) is 5.92 Å². The maximum Gasteiger partial charge on any atom is 0.231 e. The molecular weight excluding hydrogens is 316 g/mol. The molecule has 2 aliphatic heterocycles. The summed E-state index contributed by atoms with van der Waals surface area (Å²) in [6.45, 7) is 2.64. The molecule has 0 radical (unpaired) electrons. The second-order valence-electron chi connectivity index (χ2n) is 4.70. The summed E-state index contributed by atoms with van der Waals surface area (Å²) in [6.07, 6.45) is 1.95. The van der Waals surface area contributed by atoms with E-state index in [1.807, 2.05) is 17.0 Å². The quantitative estimate of drug-likeness (QED) is 0.857. The highest BCUT2D eigenvalue weighted by Gasteiger charge is 2.31. The molecule has 0 aromatic heterocycles. The predicted molar refractivity (Wildman–Crippen MR) is 78.4 cm³/mol. The fourth-order valence-corrected chi connectivity index (χ4v) is 3.09. The van der Waals surface area contributed by atoms with Gasteiger partial charge in [0.25, 0.3) is 0 Å². The van der Waals surface area contributed by atoms with E-state index in [0.717, 1.165) is 42.6 Å². The standard InChI is InChI=1S/C13H15BrN2O.ClH/c14-11-1-2-12-9(7-11)4-6-16(12)13(17)10-3-5-15-8-10;/h1-2,7,10,15H,3-6,8H2;1H. The van der Waals surface area contributed by atoms with Gasteiger partial charge in [-0.15, -0.1) is 12.4 Å². The minimum absolute atomic E-state index is 0. The first-order valence-corrected chi connectivity index (χ1v) is 6.85. The summed E-state index contributed by atoms with van der Waals surface area (Å²) in [5, 5.41) is 3.25. The molecule has 1 saturated heterocycles. The van der Waals surface area contributed by atoms with E-state index < -0.39 is 0 Å². The molecule has 5 heteroatoms.